The molecular formula is C12H13FN2O4. The van der Waals surface area contributed by atoms with Crippen LogP contribution in [0.15, 0.2) is 18.2 Å². The molecule has 1 aliphatic rings. The van der Waals surface area contributed by atoms with Crippen LogP contribution >= 0.6 is 0 Å². The molecule has 0 spiro atoms. The zero-order chi connectivity index (χ0) is 14.0. The Kier molecular flexibility index (Phi) is 3.77. The monoisotopic (exact) mass is 268 g/mol. The van der Waals surface area contributed by atoms with Gasteiger partial charge in [-0.25, -0.2) is 9.18 Å². The number of carbonyl (C=O) groups is 2. The molecule has 0 saturated carbocycles. The molecule has 0 bridgehead atoms. The molecule has 1 heterocycles. The van der Waals surface area contributed by atoms with Gasteiger partial charge < -0.3 is 20.9 Å². The van der Waals surface area contributed by atoms with Gasteiger partial charge in [0.25, 0.3) is 0 Å². The van der Waals surface area contributed by atoms with E-state index >= 15 is 0 Å². The van der Waals surface area contributed by atoms with E-state index in [1.165, 1.54) is 0 Å². The summed E-state index contributed by atoms with van der Waals surface area (Å²) < 4.78 is 18.2. The minimum absolute atomic E-state index is 0.0865. The van der Waals surface area contributed by atoms with Crippen LogP contribution in [0.3, 0.4) is 0 Å². The second kappa shape index (κ2) is 5.33. The summed E-state index contributed by atoms with van der Waals surface area (Å²) in [6.45, 7) is 0.442. The first-order valence-corrected chi connectivity index (χ1v) is 5.66. The van der Waals surface area contributed by atoms with Gasteiger partial charge >= 0.3 is 5.97 Å². The molecule has 1 fully saturated rings. The highest BCUT2D eigenvalue weighted by Gasteiger charge is 2.31. The lowest BCUT2D eigenvalue weighted by molar-refractivity contribution is -0.120. The van der Waals surface area contributed by atoms with Gasteiger partial charge in [-0.1, -0.05) is 0 Å². The highest BCUT2D eigenvalue weighted by Crippen LogP contribution is 2.20. The molecule has 0 radical (unpaired) electrons. The number of amides is 1. The van der Waals surface area contributed by atoms with Gasteiger partial charge in [0.1, 0.15) is 5.82 Å². The third-order valence-corrected chi connectivity index (χ3v) is 2.93. The van der Waals surface area contributed by atoms with Crippen molar-refractivity contribution in [2.75, 3.05) is 18.5 Å². The highest BCUT2D eigenvalue weighted by molar-refractivity contribution is 6.01. The van der Waals surface area contributed by atoms with E-state index in [9.17, 15) is 14.0 Å². The Balaban J connectivity index is 2.20. The van der Waals surface area contributed by atoms with Gasteiger partial charge in [0.15, 0.2) is 0 Å². The molecule has 102 valence electrons. The van der Waals surface area contributed by atoms with E-state index < -0.39 is 29.7 Å². The quantitative estimate of drug-likeness (QED) is 0.738. The van der Waals surface area contributed by atoms with Crippen LogP contribution in [-0.4, -0.2) is 36.2 Å². The number of nitrogens with two attached hydrogens (primary N) is 1. The number of anilines is 1. The number of halogens is 1. The van der Waals surface area contributed by atoms with Gasteiger partial charge in [-0.3, -0.25) is 4.79 Å². The molecule has 19 heavy (non-hydrogen) atoms. The van der Waals surface area contributed by atoms with Crippen molar-refractivity contribution >= 4 is 17.6 Å². The third kappa shape index (κ3) is 2.88. The molecule has 6 nitrogen and oxygen atoms in total. The Morgan fingerprint density at radius 1 is 1.42 bits per heavy atom. The van der Waals surface area contributed by atoms with Crippen LogP contribution in [0.25, 0.3) is 0 Å². The standard InChI is InChI=1S/C12H13FN2O4/c13-6-1-2-7(12(17)18)10(3-6)15-11(16)8-4-19-5-9(8)14/h1-3,8-9H,4-5,14H2,(H,15,16)(H,17,18). The molecule has 1 amide bonds. The summed E-state index contributed by atoms with van der Waals surface area (Å²) in [5.41, 5.74) is 5.42. The van der Waals surface area contributed by atoms with Crippen LogP contribution in [-0.2, 0) is 9.53 Å². The Hall–Kier alpha value is -1.99. The van der Waals surface area contributed by atoms with Crippen molar-refractivity contribution in [3.05, 3.63) is 29.6 Å². The molecule has 0 aliphatic carbocycles. The summed E-state index contributed by atoms with van der Waals surface area (Å²) in [6, 6.07) is 2.63. The van der Waals surface area contributed by atoms with Crippen LogP contribution in [0, 0.1) is 11.7 Å². The van der Waals surface area contributed by atoms with Gasteiger partial charge in [0.05, 0.1) is 30.4 Å². The minimum Gasteiger partial charge on any atom is -0.478 e. The lowest BCUT2D eigenvalue weighted by atomic mass is 10.0. The molecule has 2 atom stereocenters. The molecule has 1 saturated heterocycles. The molecule has 1 aromatic rings. The smallest absolute Gasteiger partial charge is 0.337 e. The average molecular weight is 268 g/mol. The van der Waals surface area contributed by atoms with Crippen LogP contribution in [0.2, 0.25) is 0 Å². The molecular weight excluding hydrogens is 255 g/mol. The number of rotatable bonds is 3. The Bertz CT molecular complexity index is 520. The van der Waals surface area contributed by atoms with Crippen molar-refractivity contribution in [1.82, 2.24) is 0 Å². The largest absolute Gasteiger partial charge is 0.478 e. The summed E-state index contributed by atoms with van der Waals surface area (Å²) in [5, 5.41) is 11.3. The number of carboxylic acid groups (broad SMARTS) is 1. The predicted octanol–water partition coefficient (Wildman–Crippen LogP) is 0.436. The maximum Gasteiger partial charge on any atom is 0.337 e. The van der Waals surface area contributed by atoms with Crippen molar-refractivity contribution in [3.8, 4) is 0 Å². The normalized spacial score (nSPS) is 22.2. The maximum atomic E-state index is 13.1. The van der Waals surface area contributed by atoms with Crippen LogP contribution in [0.4, 0.5) is 10.1 Å². The van der Waals surface area contributed by atoms with Crippen LogP contribution < -0.4 is 11.1 Å². The number of aromatic carboxylic acids is 1. The second-order valence-electron chi connectivity index (χ2n) is 4.29. The molecule has 4 N–H and O–H groups in total. The predicted molar refractivity (Wildman–Crippen MR) is 64.3 cm³/mol. The number of ether oxygens (including phenoxy) is 1. The number of carbonyl (C=O) groups excluding carboxylic acids is 1. The summed E-state index contributed by atoms with van der Waals surface area (Å²) in [6.07, 6.45) is 0. The first-order chi connectivity index (χ1) is 8.99. The number of carboxylic acids is 1. The average Bonchev–Trinajstić information content (AvgIpc) is 2.75. The van der Waals surface area contributed by atoms with Gasteiger partial charge in [0, 0.05) is 6.04 Å². The van der Waals surface area contributed by atoms with Crippen molar-refractivity contribution < 1.29 is 23.8 Å². The number of nitrogens with one attached hydrogen (secondary N) is 1. The van der Waals surface area contributed by atoms with Gasteiger partial charge in [0.2, 0.25) is 5.91 Å². The fourth-order valence-corrected chi connectivity index (χ4v) is 1.87. The summed E-state index contributed by atoms with van der Waals surface area (Å²) in [4.78, 5) is 22.9. The van der Waals surface area contributed by atoms with E-state index in [1.54, 1.807) is 0 Å². The van der Waals surface area contributed by atoms with E-state index in [1.807, 2.05) is 0 Å². The van der Waals surface area contributed by atoms with Crippen molar-refractivity contribution in [2.24, 2.45) is 11.7 Å². The highest BCUT2D eigenvalue weighted by atomic mass is 19.1. The molecule has 0 aromatic heterocycles. The van der Waals surface area contributed by atoms with Crippen LogP contribution in [0.5, 0.6) is 0 Å². The van der Waals surface area contributed by atoms with Gasteiger partial charge in [-0.2, -0.15) is 0 Å². The van der Waals surface area contributed by atoms with Crippen molar-refractivity contribution in [2.45, 2.75) is 6.04 Å². The van der Waals surface area contributed by atoms with E-state index in [0.717, 1.165) is 18.2 Å². The molecule has 2 unspecified atom stereocenters. The fourth-order valence-electron chi connectivity index (χ4n) is 1.87. The van der Waals surface area contributed by atoms with E-state index in [4.69, 9.17) is 15.6 Å². The SMILES string of the molecule is NC1COCC1C(=O)Nc1cc(F)ccc1C(=O)O. The minimum atomic E-state index is -1.25. The lowest BCUT2D eigenvalue weighted by Crippen LogP contribution is -2.37. The van der Waals surface area contributed by atoms with Crippen molar-refractivity contribution in [1.29, 1.82) is 0 Å². The Morgan fingerprint density at radius 3 is 2.74 bits per heavy atom. The van der Waals surface area contributed by atoms with E-state index in [0.29, 0.717) is 0 Å². The van der Waals surface area contributed by atoms with Crippen molar-refractivity contribution in [3.63, 3.8) is 0 Å². The number of benzene rings is 1. The summed E-state index contributed by atoms with van der Waals surface area (Å²) in [5.74, 6) is -2.92. The molecule has 2 rings (SSSR count). The Labute approximate surface area is 108 Å². The topological polar surface area (TPSA) is 102 Å². The lowest BCUT2D eigenvalue weighted by Gasteiger charge is -2.14. The fraction of sp³-hybridized carbons (Fsp3) is 0.333. The van der Waals surface area contributed by atoms with E-state index in [-0.39, 0.29) is 24.5 Å². The molecule has 7 heteroatoms. The Morgan fingerprint density at radius 2 is 2.16 bits per heavy atom. The zero-order valence-electron chi connectivity index (χ0n) is 9.93. The molecule has 1 aromatic carbocycles. The third-order valence-electron chi connectivity index (χ3n) is 2.93. The maximum absolute atomic E-state index is 13.1. The number of hydrogen-bond donors (Lipinski definition) is 3. The second-order valence-corrected chi connectivity index (χ2v) is 4.29. The number of hydrogen-bond acceptors (Lipinski definition) is 4. The summed E-state index contributed by atoms with van der Waals surface area (Å²) in [7, 11) is 0. The zero-order valence-corrected chi connectivity index (χ0v) is 9.93. The first kappa shape index (κ1) is 13.4. The molecule has 1 aliphatic heterocycles. The van der Waals surface area contributed by atoms with E-state index in [2.05, 4.69) is 5.32 Å². The van der Waals surface area contributed by atoms with Crippen LogP contribution in [0.1, 0.15) is 10.4 Å². The van der Waals surface area contributed by atoms with Gasteiger partial charge in [-0.15, -0.1) is 0 Å². The van der Waals surface area contributed by atoms with Gasteiger partial charge in [-0.05, 0) is 18.2 Å². The summed E-state index contributed by atoms with van der Waals surface area (Å²) >= 11 is 0. The first-order valence-electron chi connectivity index (χ1n) is 5.66.